The summed E-state index contributed by atoms with van der Waals surface area (Å²) >= 11 is 1.47. The number of carbonyl (C=O) groups is 4. The molecule has 0 radical (unpaired) electrons. The van der Waals surface area contributed by atoms with Crippen LogP contribution >= 0.6 is 11.8 Å². The van der Waals surface area contributed by atoms with Crippen LogP contribution in [-0.4, -0.2) is 76.6 Å². The second-order valence-electron chi connectivity index (χ2n) is 9.13. The number of carboxylic acid groups (broad SMARTS) is 1. The molecule has 10 nitrogen and oxygen atoms in total. The van der Waals surface area contributed by atoms with E-state index in [-0.39, 0.29) is 36.5 Å². The van der Waals surface area contributed by atoms with E-state index in [9.17, 15) is 29.4 Å². The Hall–Kier alpha value is -2.79. The molecule has 1 aromatic carbocycles. The highest BCUT2D eigenvalue weighted by molar-refractivity contribution is 7.98. The fraction of sp³-hybridized carbons (Fsp3) is 0.600. The van der Waals surface area contributed by atoms with Gasteiger partial charge in [-0.2, -0.15) is 11.8 Å². The Bertz CT molecular complexity index is 891. The quantitative estimate of drug-likeness (QED) is 0.211. The van der Waals surface area contributed by atoms with E-state index in [2.05, 4.69) is 21.3 Å². The Kier molecular flexibility index (Phi) is 12.0. The van der Waals surface area contributed by atoms with Gasteiger partial charge < -0.3 is 31.5 Å². The van der Waals surface area contributed by atoms with Gasteiger partial charge >= 0.3 is 5.97 Å². The summed E-state index contributed by atoms with van der Waals surface area (Å²) in [5, 5.41) is 30.4. The smallest absolute Gasteiger partial charge is 0.326 e. The number of hydrogen-bond acceptors (Lipinski definition) is 7. The van der Waals surface area contributed by atoms with Gasteiger partial charge in [-0.05, 0) is 61.4 Å². The van der Waals surface area contributed by atoms with Crippen molar-refractivity contribution in [2.24, 2.45) is 5.92 Å². The summed E-state index contributed by atoms with van der Waals surface area (Å²) in [5.74, 6) is -2.13. The molecule has 0 spiro atoms. The molecule has 1 aliphatic heterocycles. The third-order valence-electron chi connectivity index (χ3n) is 6.40. The van der Waals surface area contributed by atoms with Crippen molar-refractivity contribution in [2.75, 3.05) is 18.6 Å². The van der Waals surface area contributed by atoms with Crippen molar-refractivity contribution in [2.45, 2.75) is 70.1 Å². The van der Waals surface area contributed by atoms with E-state index in [0.717, 1.165) is 13.0 Å². The minimum Gasteiger partial charge on any atom is -0.508 e. The molecule has 0 aliphatic carbocycles. The average molecular weight is 523 g/mol. The van der Waals surface area contributed by atoms with Gasteiger partial charge in [0.15, 0.2) is 0 Å². The van der Waals surface area contributed by atoms with Crippen molar-refractivity contribution >= 4 is 35.5 Å². The summed E-state index contributed by atoms with van der Waals surface area (Å²) in [6.45, 7) is 4.51. The first-order chi connectivity index (χ1) is 17.2. The van der Waals surface area contributed by atoms with Gasteiger partial charge in [-0.1, -0.05) is 32.4 Å². The van der Waals surface area contributed by atoms with E-state index < -0.39 is 35.9 Å². The summed E-state index contributed by atoms with van der Waals surface area (Å²) in [4.78, 5) is 50.9. The number of carboxylic acids is 1. The number of aromatic hydroxyl groups is 1. The van der Waals surface area contributed by atoms with Gasteiger partial charge in [0, 0.05) is 6.42 Å². The Morgan fingerprint density at radius 2 is 1.75 bits per heavy atom. The van der Waals surface area contributed by atoms with Crippen LogP contribution in [0.5, 0.6) is 5.75 Å². The zero-order chi connectivity index (χ0) is 26.7. The normalized spacial score (nSPS) is 18.5. The number of rotatable bonds is 14. The highest BCUT2D eigenvalue weighted by atomic mass is 32.2. The average Bonchev–Trinajstić information content (AvgIpc) is 3.40. The Morgan fingerprint density at radius 1 is 1.08 bits per heavy atom. The lowest BCUT2D eigenvalue weighted by atomic mass is 9.96. The van der Waals surface area contributed by atoms with Crippen LogP contribution in [0.25, 0.3) is 0 Å². The van der Waals surface area contributed by atoms with Gasteiger partial charge in [0.2, 0.25) is 17.7 Å². The number of thioether (sulfide) groups is 1. The SMILES string of the molecule is CCC(C)C(NC(=O)C1CCCN1)C(=O)NC(Cc1ccc(O)cc1)C(=O)NC(CCSC)C(=O)O. The summed E-state index contributed by atoms with van der Waals surface area (Å²) in [6.07, 6.45) is 4.37. The van der Waals surface area contributed by atoms with Crippen LogP contribution in [0, 0.1) is 5.92 Å². The van der Waals surface area contributed by atoms with E-state index in [0.29, 0.717) is 24.2 Å². The first kappa shape index (κ1) is 29.4. The zero-order valence-electron chi connectivity index (χ0n) is 21.1. The summed E-state index contributed by atoms with van der Waals surface area (Å²) in [5.41, 5.74) is 0.670. The molecule has 0 bridgehead atoms. The number of hydrogen-bond donors (Lipinski definition) is 6. The van der Waals surface area contributed by atoms with Crippen LogP contribution in [0.3, 0.4) is 0 Å². The predicted molar refractivity (Wildman–Crippen MR) is 139 cm³/mol. The number of phenolic OH excluding ortho intramolecular Hbond substituents is 1. The molecule has 36 heavy (non-hydrogen) atoms. The highest BCUT2D eigenvalue weighted by Gasteiger charge is 2.33. The second kappa shape index (κ2) is 14.7. The molecular formula is C25H38N4O6S. The molecule has 6 N–H and O–H groups in total. The van der Waals surface area contributed by atoms with Crippen molar-refractivity contribution in [3.8, 4) is 5.75 Å². The van der Waals surface area contributed by atoms with Crippen LogP contribution < -0.4 is 21.3 Å². The summed E-state index contributed by atoms with van der Waals surface area (Å²) in [7, 11) is 0. The number of aliphatic carboxylic acids is 1. The zero-order valence-corrected chi connectivity index (χ0v) is 21.9. The minimum atomic E-state index is -1.15. The van der Waals surface area contributed by atoms with Crippen molar-refractivity contribution in [3.05, 3.63) is 29.8 Å². The van der Waals surface area contributed by atoms with Crippen molar-refractivity contribution in [1.82, 2.24) is 21.3 Å². The number of carbonyl (C=O) groups excluding carboxylic acids is 3. The van der Waals surface area contributed by atoms with Crippen LogP contribution in [0.2, 0.25) is 0 Å². The first-order valence-corrected chi connectivity index (χ1v) is 13.7. The van der Waals surface area contributed by atoms with E-state index in [1.807, 2.05) is 20.1 Å². The number of phenols is 1. The first-order valence-electron chi connectivity index (χ1n) is 12.3. The monoisotopic (exact) mass is 522 g/mol. The molecular weight excluding hydrogens is 484 g/mol. The molecule has 1 fully saturated rings. The summed E-state index contributed by atoms with van der Waals surface area (Å²) in [6, 6.07) is 2.82. The predicted octanol–water partition coefficient (Wildman–Crippen LogP) is 1.02. The van der Waals surface area contributed by atoms with E-state index >= 15 is 0 Å². The fourth-order valence-electron chi connectivity index (χ4n) is 3.97. The fourth-order valence-corrected chi connectivity index (χ4v) is 4.44. The van der Waals surface area contributed by atoms with Crippen molar-refractivity contribution in [1.29, 1.82) is 0 Å². The van der Waals surface area contributed by atoms with Crippen molar-refractivity contribution in [3.63, 3.8) is 0 Å². The maximum absolute atomic E-state index is 13.4. The third-order valence-corrected chi connectivity index (χ3v) is 7.05. The Morgan fingerprint density at radius 3 is 2.31 bits per heavy atom. The lowest BCUT2D eigenvalue weighted by molar-refractivity contribution is -0.142. The lowest BCUT2D eigenvalue weighted by Crippen LogP contribution is -2.59. The van der Waals surface area contributed by atoms with Gasteiger partial charge in [0.05, 0.1) is 6.04 Å². The topological polar surface area (TPSA) is 157 Å². The highest BCUT2D eigenvalue weighted by Crippen LogP contribution is 2.14. The van der Waals surface area contributed by atoms with Crippen LogP contribution in [0.1, 0.15) is 45.1 Å². The molecule has 5 atom stereocenters. The molecule has 3 amide bonds. The maximum Gasteiger partial charge on any atom is 0.326 e. The van der Waals surface area contributed by atoms with Gasteiger partial charge in [-0.15, -0.1) is 0 Å². The van der Waals surface area contributed by atoms with Crippen molar-refractivity contribution < 1.29 is 29.4 Å². The van der Waals surface area contributed by atoms with E-state index in [1.54, 1.807) is 12.1 Å². The standard InChI is InChI=1S/C25H38N4O6S/c1-4-15(2)21(29-22(31)18-6-5-12-26-18)24(33)28-20(14-16-7-9-17(30)10-8-16)23(32)27-19(25(34)35)11-13-36-3/h7-10,15,18-21,26,30H,4-6,11-14H2,1-3H3,(H,27,32)(H,28,33)(H,29,31)(H,34,35). The molecule has 0 aromatic heterocycles. The molecule has 2 rings (SSSR count). The van der Waals surface area contributed by atoms with E-state index in [1.165, 1.54) is 23.9 Å². The lowest BCUT2D eigenvalue weighted by Gasteiger charge is -2.28. The number of nitrogens with one attached hydrogen (secondary N) is 4. The largest absolute Gasteiger partial charge is 0.508 e. The van der Waals surface area contributed by atoms with Gasteiger partial charge in [0.1, 0.15) is 23.9 Å². The number of amides is 3. The van der Waals surface area contributed by atoms with Crippen LogP contribution in [0.4, 0.5) is 0 Å². The maximum atomic E-state index is 13.4. The molecule has 11 heteroatoms. The van der Waals surface area contributed by atoms with Gasteiger partial charge in [-0.3, -0.25) is 14.4 Å². The molecule has 1 aliphatic rings. The molecule has 200 valence electrons. The third kappa shape index (κ3) is 9.02. The molecule has 1 saturated heterocycles. The van der Waals surface area contributed by atoms with Crippen LogP contribution in [-0.2, 0) is 25.6 Å². The van der Waals surface area contributed by atoms with E-state index in [4.69, 9.17) is 0 Å². The van der Waals surface area contributed by atoms with Crippen LogP contribution in [0.15, 0.2) is 24.3 Å². The molecule has 1 heterocycles. The molecule has 5 unspecified atom stereocenters. The molecule has 1 aromatic rings. The Balaban J connectivity index is 2.22. The minimum absolute atomic E-state index is 0.0619. The Labute approximate surface area is 216 Å². The molecule has 0 saturated carbocycles. The number of benzene rings is 1. The van der Waals surface area contributed by atoms with Gasteiger partial charge in [0.25, 0.3) is 0 Å². The van der Waals surface area contributed by atoms with Gasteiger partial charge in [-0.25, -0.2) is 4.79 Å². The second-order valence-corrected chi connectivity index (χ2v) is 10.1. The summed E-state index contributed by atoms with van der Waals surface area (Å²) < 4.78 is 0.